The van der Waals surface area contributed by atoms with Crippen LogP contribution < -0.4 is 5.32 Å². The number of ether oxygens (including phenoxy) is 1. The van der Waals surface area contributed by atoms with E-state index in [1.807, 2.05) is 14.0 Å². The van der Waals surface area contributed by atoms with Crippen molar-refractivity contribution in [3.63, 3.8) is 0 Å². The second-order valence-corrected chi connectivity index (χ2v) is 5.63. The van der Waals surface area contributed by atoms with Crippen LogP contribution in [0.1, 0.15) is 44.9 Å². The Balaban J connectivity index is 3.08. The largest absolute Gasteiger partial charge is 0.377 e. The summed E-state index contributed by atoms with van der Waals surface area (Å²) < 4.78 is 7.61. The second-order valence-electron chi connectivity index (χ2n) is 5.27. The summed E-state index contributed by atoms with van der Waals surface area (Å²) in [6, 6.07) is 0.230. The summed E-state index contributed by atoms with van der Waals surface area (Å²) in [5.41, 5.74) is 1.95. The SMILES string of the molecule is CCNC(Cc1c(C)nn(C)c1Cl)C(CC)(CC)OC. The smallest absolute Gasteiger partial charge is 0.130 e. The minimum absolute atomic E-state index is 0.165. The van der Waals surface area contributed by atoms with Crippen LogP contribution >= 0.6 is 11.6 Å². The van der Waals surface area contributed by atoms with Gasteiger partial charge in [0, 0.05) is 25.8 Å². The van der Waals surface area contributed by atoms with Crippen molar-refractivity contribution in [2.45, 2.75) is 58.6 Å². The van der Waals surface area contributed by atoms with Gasteiger partial charge in [-0.2, -0.15) is 5.10 Å². The van der Waals surface area contributed by atoms with E-state index in [-0.39, 0.29) is 11.6 Å². The third-order valence-corrected chi connectivity index (χ3v) is 4.84. The van der Waals surface area contributed by atoms with Crippen LogP contribution in [0.25, 0.3) is 0 Å². The molecule has 4 nitrogen and oxygen atoms in total. The fourth-order valence-corrected chi connectivity index (χ4v) is 3.23. The number of hydrogen-bond acceptors (Lipinski definition) is 3. The first-order chi connectivity index (χ1) is 9.45. The molecule has 0 saturated heterocycles. The van der Waals surface area contributed by atoms with E-state index in [1.165, 1.54) is 0 Å². The normalized spacial score (nSPS) is 13.8. The molecule has 0 aromatic carbocycles. The molecule has 116 valence electrons. The lowest BCUT2D eigenvalue weighted by Gasteiger charge is -2.39. The van der Waals surface area contributed by atoms with Crippen LogP contribution in [0.5, 0.6) is 0 Å². The van der Waals surface area contributed by atoms with Crippen LogP contribution in [0, 0.1) is 6.92 Å². The van der Waals surface area contributed by atoms with E-state index in [1.54, 1.807) is 11.8 Å². The summed E-state index contributed by atoms with van der Waals surface area (Å²) in [5, 5.41) is 8.69. The van der Waals surface area contributed by atoms with E-state index >= 15 is 0 Å². The molecule has 0 spiro atoms. The van der Waals surface area contributed by atoms with Gasteiger partial charge in [-0.1, -0.05) is 32.4 Å². The van der Waals surface area contributed by atoms with Gasteiger partial charge in [0.2, 0.25) is 0 Å². The molecule has 1 aromatic heterocycles. The van der Waals surface area contributed by atoms with Gasteiger partial charge in [-0.3, -0.25) is 4.68 Å². The van der Waals surface area contributed by atoms with Crippen molar-refractivity contribution in [1.29, 1.82) is 0 Å². The standard InChI is InChI=1S/C15H28ClN3O/c1-7-15(8-2,20-6)13(17-9-3)10-12-11(4)18-19(5)14(12)16/h13,17H,7-10H2,1-6H3. The molecule has 1 rings (SSSR count). The molecule has 1 aromatic rings. The molecule has 1 atom stereocenters. The van der Waals surface area contributed by atoms with Crippen LogP contribution in [0.3, 0.4) is 0 Å². The van der Waals surface area contributed by atoms with E-state index < -0.39 is 0 Å². The van der Waals surface area contributed by atoms with Crippen LogP contribution in [-0.2, 0) is 18.2 Å². The predicted octanol–water partition coefficient (Wildman–Crippen LogP) is 3.11. The van der Waals surface area contributed by atoms with Gasteiger partial charge >= 0.3 is 0 Å². The van der Waals surface area contributed by atoms with E-state index in [2.05, 4.69) is 31.2 Å². The van der Waals surface area contributed by atoms with Crippen LogP contribution in [-0.4, -0.2) is 35.1 Å². The highest BCUT2D eigenvalue weighted by atomic mass is 35.5. The molecule has 0 saturated carbocycles. The summed E-state index contributed by atoms with van der Waals surface area (Å²) in [6.07, 6.45) is 2.77. The highest BCUT2D eigenvalue weighted by Crippen LogP contribution is 2.29. The van der Waals surface area contributed by atoms with Gasteiger partial charge < -0.3 is 10.1 Å². The number of nitrogens with zero attached hydrogens (tertiary/aromatic N) is 2. The van der Waals surface area contributed by atoms with Gasteiger partial charge in [-0.05, 0) is 32.7 Å². The molecule has 0 aliphatic rings. The number of nitrogens with one attached hydrogen (secondary N) is 1. The molecule has 0 aliphatic carbocycles. The Kier molecular flexibility index (Phi) is 6.49. The fourth-order valence-electron chi connectivity index (χ4n) is 2.97. The molecule has 0 bridgehead atoms. The first kappa shape index (κ1) is 17.5. The molecule has 0 amide bonds. The number of rotatable bonds is 8. The Morgan fingerprint density at radius 2 is 1.95 bits per heavy atom. The van der Waals surface area contributed by atoms with Gasteiger partial charge in [0.05, 0.1) is 11.3 Å². The summed E-state index contributed by atoms with van der Waals surface area (Å²) in [6.45, 7) is 9.39. The van der Waals surface area contributed by atoms with Crippen molar-refractivity contribution >= 4 is 11.6 Å². The zero-order valence-electron chi connectivity index (χ0n) is 13.6. The Hall–Kier alpha value is -0.580. The molecular weight excluding hydrogens is 274 g/mol. The number of likely N-dealkylation sites (N-methyl/N-ethyl adjacent to an activating group) is 1. The Morgan fingerprint density at radius 1 is 1.35 bits per heavy atom. The Bertz CT molecular complexity index is 419. The summed E-state index contributed by atoms with van der Waals surface area (Å²) in [5.74, 6) is 0. The Morgan fingerprint density at radius 3 is 2.30 bits per heavy atom. The van der Waals surface area contributed by atoms with Crippen LogP contribution in [0.15, 0.2) is 0 Å². The van der Waals surface area contributed by atoms with Crippen molar-refractivity contribution in [3.8, 4) is 0 Å². The lowest BCUT2D eigenvalue weighted by molar-refractivity contribution is -0.0468. The van der Waals surface area contributed by atoms with Gasteiger partial charge in [-0.25, -0.2) is 0 Å². The van der Waals surface area contributed by atoms with Gasteiger partial charge in [0.1, 0.15) is 5.15 Å². The van der Waals surface area contributed by atoms with Gasteiger partial charge in [0.15, 0.2) is 0 Å². The number of hydrogen-bond donors (Lipinski definition) is 1. The molecule has 1 heterocycles. The van der Waals surface area contributed by atoms with Crippen molar-refractivity contribution in [3.05, 3.63) is 16.4 Å². The minimum Gasteiger partial charge on any atom is -0.377 e. The number of aromatic nitrogens is 2. The lowest BCUT2D eigenvalue weighted by atomic mass is 9.84. The molecule has 1 unspecified atom stereocenters. The van der Waals surface area contributed by atoms with Crippen LogP contribution in [0.2, 0.25) is 5.15 Å². The number of aryl methyl sites for hydroxylation is 2. The topological polar surface area (TPSA) is 39.1 Å². The summed E-state index contributed by atoms with van der Waals surface area (Å²) in [7, 11) is 3.68. The third kappa shape index (κ3) is 3.35. The highest BCUT2D eigenvalue weighted by molar-refractivity contribution is 6.30. The van der Waals surface area contributed by atoms with Crippen LogP contribution in [0.4, 0.5) is 0 Å². The lowest BCUT2D eigenvalue weighted by Crippen LogP contribution is -2.52. The molecular formula is C15H28ClN3O. The zero-order valence-corrected chi connectivity index (χ0v) is 14.3. The maximum absolute atomic E-state index is 6.37. The van der Waals surface area contributed by atoms with Crippen molar-refractivity contribution in [2.24, 2.45) is 7.05 Å². The quantitative estimate of drug-likeness (QED) is 0.802. The number of methoxy groups -OCH3 is 1. The molecule has 1 N–H and O–H groups in total. The average Bonchev–Trinajstić information content (AvgIpc) is 2.68. The second kappa shape index (κ2) is 7.43. The molecule has 0 fully saturated rings. The predicted molar refractivity (Wildman–Crippen MR) is 84.4 cm³/mol. The Labute approximate surface area is 127 Å². The van der Waals surface area contributed by atoms with Gasteiger partial charge in [0.25, 0.3) is 0 Å². The fraction of sp³-hybridized carbons (Fsp3) is 0.800. The van der Waals surface area contributed by atoms with E-state index in [0.717, 1.165) is 42.2 Å². The molecule has 5 heteroatoms. The summed E-state index contributed by atoms with van der Waals surface area (Å²) in [4.78, 5) is 0. The van der Waals surface area contributed by atoms with Crippen molar-refractivity contribution in [2.75, 3.05) is 13.7 Å². The van der Waals surface area contributed by atoms with Crippen molar-refractivity contribution < 1.29 is 4.74 Å². The zero-order chi connectivity index (χ0) is 15.3. The minimum atomic E-state index is -0.165. The maximum atomic E-state index is 6.37. The van der Waals surface area contributed by atoms with Gasteiger partial charge in [-0.15, -0.1) is 0 Å². The average molecular weight is 302 g/mol. The highest BCUT2D eigenvalue weighted by Gasteiger charge is 2.36. The number of halogens is 1. The molecule has 20 heavy (non-hydrogen) atoms. The van der Waals surface area contributed by atoms with E-state index in [4.69, 9.17) is 16.3 Å². The summed E-state index contributed by atoms with van der Waals surface area (Å²) >= 11 is 6.37. The molecule has 0 radical (unpaired) electrons. The first-order valence-electron chi connectivity index (χ1n) is 7.42. The van der Waals surface area contributed by atoms with E-state index in [0.29, 0.717) is 0 Å². The third-order valence-electron chi connectivity index (χ3n) is 4.37. The monoisotopic (exact) mass is 301 g/mol. The molecule has 0 aliphatic heterocycles. The maximum Gasteiger partial charge on any atom is 0.130 e. The van der Waals surface area contributed by atoms with Crippen molar-refractivity contribution in [1.82, 2.24) is 15.1 Å². The van der Waals surface area contributed by atoms with E-state index in [9.17, 15) is 0 Å². The first-order valence-corrected chi connectivity index (χ1v) is 7.79.